The van der Waals surface area contributed by atoms with Crippen LogP contribution in [0.15, 0.2) is 47.3 Å². The first kappa shape index (κ1) is 18.1. The highest BCUT2D eigenvalue weighted by atomic mass is 19.1. The highest BCUT2D eigenvalue weighted by molar-refractivity contribution is 5.40. The molecule has 0 saturated heterocycles. The average molecular weight is 355 g/mol. The van der Waals surface area contributed by atoms with Crippen molar-refractivity contribution in [3.8, 4) is 5.75 Å². The number of nitrogens with zero attached hydrogens (tertiary/aromatic N) is 3. The lowest BCUT2D eigenvalue weighted by molar-refractivity contribution is 0.267. The number of halogens is 1. The van der Waals surface area contributed by atoms with E-state index >= 15 is 0 Å². The van der Waals surface area contributed by atoms with E-state index in [4.69, 9.17) is 4.74 Å². The van der Waals surface area contributed by atoms with Crippen LogP contribution in [0.4, 0.5) is 4.39 Å². The lowest BCUT2D eigenvalue weighted by atomic mass is 10.2. The molecule has 0 aliphatic rings. The molecule has 0 unspecified atom stereocenters. The number of aromatic nitrogens is 2. The molecule has 6 heteroatoms. The number of methoxy groups -OCH3 is 1. The summed E-state index contributed by atoms with van der Waals surface area (Å²) in [7, 11) is 1.45. The Morgan fingerprint density at radius 2 is 2.00 bits per heavy atom. The van der Waals surface area contributed by atoms with Crippen molar-refractivity contribution in [3.63, 3.8) is 0 Å². The number of pyridine rings is 1. The molecule has 2 heterocycles. The Morgan fingerprint density at radius 1 is 1.19 bits per heavy atom. The lowest BCUT2D eigenvalue weighted by Gasteiger charge is -2.20. The molecule has 3 aromatic rings. The number of aryl methyl sites for hydroxylation is 1. The van der Waals surface area contributed by atoms with E-state index in [1.165, 1.54) is 13.2 Å². The van der Waals surface area contributed by atoms with Gasteiger partial charge in [0.2, 0.25) is 0 Å². The third-order valence-corrected chi connectivity index (χ3v) is 4.39. The van der Waals surface area contributed by atoms with Gasteiger partial charge in [0, 0.05) is 24.8 Å². The van der Waals surface area contributed by atoms with Crippen molar-refractivity contribution in [2.75, 3.05) is 13.7 Å². The van der Waals surface area contributed by atoms with Crippen LogP contribution in [0.2, 0.25) is 0 Å². The first-order valence-electron chi connectivity index (χ1n) is 8.55. The van der Waals surface area contributed by atoms with E-state index in [1.54, 1.807) is 16.5 Å². The van der Waals surface area contributed by atoms with Gasteiger partial charge in [-0.2, -0.15) is 0 Å². The molecule has 0 radical (unpaired) electrons. The summed E-state index contributed by atoms with van der Waals surface area (Å²) in [6.45, 7) is 5.74. The Morgan fingerprint density at radius 3 is 2.69 bits per heavy atom. The van der Waals surface area contributed by atoms with Crippen LogP contribution in [-0.2, 0) is 13.1 Å². The zero-order valence-electron chi connectivity index (χ0n) is 15.2. The summed E-state index contributed by atoms with van der Waals surface area (Å²) in [4.78, 5) is 19.1. The number of hydrogen-bond donors (Lipinski definition) is 0. The Hall–Kier alpha value is -2.73. The molecule has 3 rings (SSSR count). The zero-order valence-corrected chi connectivity index (χ0v) is 15.2. The summed E-state index contributed by atoms with van der Waals surface area (Å²) in [5.41, 5.74) is 2.95. The maximum atomic E-state index is 13.9. The Labute approximate surface area is 151 Å². The van der Waals surface area contributed by atoms with Gasteiger partial charge < -0.3 is 4.74 Å². The van der Waals surface area contributed by atoms with E-state index in [1.807, 2.05) is 38.1 Å². The van der Waals surface area contributed by atoms with Crippen LogP contribution in [0, 0.1) is 12.7 Å². The van der Waals surface area contributed by atoms with Gasteiger partial charge in [-0.1, -0.05) is 19.1 Å². The maximum Gasteiger partial charge on any atom is 0.258 e. The molecule has 0 aliphatic carbocycles. The van der Waals surface area contributed by atoms with Gasteiger partial charge >= 0.3 is 0 Å². The number of fused-ring (bicyclic) bond motifs is 1. The normalized spacial score (nSPS) is 11.3. The lowest BCUT2D eigenvalue weighted by Crippen LogP contribution is -2.25. The van der Waals surface area contributed by atoms with Crippen molar-refractivity contribution in [2.24, 2.45) is 0 Å². The zero-order chi connectivity index (χ0) is 18.7. The second-order valence-electron chi connectivity index (χ2n) is 6.22. The molecule has 0 spiro atoms. The fourth-order valence-electron chi connectivity index (χ4n) is 3.02. The predicted molar refractivity (Wildman–Crippen MR) is 98.9 cm³/mol. The minimum absolute atomic E-state index is 0.0883. The van der Waals surface area contributed by atoms with Crippen LogP contribution in [0.1, 0.15) is 23.9 Å². The van der Waals surface area contributed by atoms with Crippen molar-refractivity contribution < 1.29 is 9.13 Å². The van der Waals surface area contributed by atoms with Gasteiger partial charge in [-0.05, 0) is 43.3 Å². The Kier molecular flexibility index (Phi) is 5.32. The summed E-state index contributed by atoms with van der Waals surface area (Å²) in [5.74, 6) is -0.144. The van der Waals surface area contributed by atoms with E-state index in [9.17, 15) is 9.18 Å². The molecule has 0 N–H and O–H groups in total. The van der Waals surface area contributed by atoms with Gasteiger partial charge in [0.25, 0.3) is 5.56 Å². The summed E-state index contributed by atoms with van der Waals surface area (Å²) < 4.78 is 20.4. The number of rotatable bonds is 6. The van der Waals surface area contributed by atoms with Crippen molar-refractivity contribution >= 4 is 5.65 Å². The minimum atomic E-state index is -0.376. The molecular formula is C20H22FN3O2. The first-order valence-corrected chi connectivity index (χ1v) is 8.55. The van der Waals surface area contributed by atoms with Crippen molar-refractivity contribution in [3.05, 3.63) is 75.6 Å². The Bertz CT molecular complexity index is 984. The third-order valence-electron chi connectivity index (χ3n) is 4.39. The number of benzene rings is 1. The highest BCUT2D eigenvalue weighted by Crippen LogP contribution is 2.19. The first-order chi connectivity index (χ1) is 12.5. The molecule has 0 bridgehead atoms. The number of ether oxygens (including phenoxy) is 1. The minimum Gasteiger partial charge on any atom is -0.494 e. The molecule has 5 nitrogen and oxygen atoms in total. The van der Waals surface area contributed by atoms with Gasteiger partial charge in [-0.15, -0.1) is 0 Å². The highest BCUT2D eigenvalue weighted by Gasteiger charge is 2.11. The monoisotopic (exact) mass is 355 g/mol. The number of hydrogen-bond acceptors (Lipinski definition) is 4. The summed E-state index contributed by atoms with van der Waals surface area (Å²) in [6.07, 6.45) is 0. The van der Waals surface area contributed by atoms with Crippen LogP contribution in [0.3, 0.4) is 0 Å². The standard InChI is InChI=1S/C20H22FN3O2/c1-4-23(12-15-8-9-18(26-3)17(21)10-15)13-16-11-20(25)24-14(2)6-5-7-19(24)22-16/h5-11H,4,12-13H2,1-3H3. The van der Waals surface area contributed by atoms with Crippen molar-refractivity contribution in [1.29, 1.82) is 0 Å². The average Bonchev–Trinajstić information content (AvgIpc) is 2.61. The van der Waals surface area contributed by atoms with E-state index in [0.29, 0.717) is 24.4 Å². The second kappa shape index (κ2) is 7.66. The maximum absolute atomic E-state index is 13.9. The molecule has 136 valence electrons. The largest absolute Gasteiger partial charge is 0.494 e. The topological polar surface area (TPSA) is 46.8 Å². The van der Waals surface area contributed by atoms with Crippen molar-refractivity contribution in [2.45, 2.75) is 26.9 Å². The van der Waals surface area contributed by atoms with E-state index in [0.717, 1.165) is 17.8 Å². The third kappa shape index (κ3) is 3.75. The predicted octanol–water partition coefficient (Wildman–Crippen LogP) is 3.17. The molecule has 0 aliphatic heterocycles. The van der Waals surface area contributed by atoms with Gasteiger partial charge in [0.15, 0.2) is 11.6 Å². The van der Waals surface area contributed by atoms with E-state index < -0.39 is 0 Å². The molecule has 2 aromatic heterocycles. The van der Waals surface area contributed by atoms with Gasteiger partial charge in [0.05, 0.1) is 12.8 Å². The van der Waals surface area contributed by atoms with Crippen LogP contribution in [0.5, 0.6) is 5.75 Å². The summed E-state index contributed by atoms with van der Waals surface area (Å²) in [6, 6.07) is 12.1. The summed E-state index contributed by atoms with van der Waals surface area (Å²) in [5, 5.41) is 0. The van der Waals surface area contributed by atoms with Crippen LogP contribution < -0.4 is 10.3 Å². The molecular weight excluding hydrogens is 333 g/mol. The smallest absolute Gasteiger partial charge is 0.258 e. The molecule has 0 atom stereocenters. The molecule has 1 aromatic carbocycles. The fourth-order valence-corrected chi connectivity index (χ4v) is 3.02. The molecule has 0 fully saturated rings. The Balaban J connectivity index is 1.83. The fraction of sp³-hybridized carbons (Fsp3) is 0.300. The van der Waals surface area contributed by atoms with E-state index in [-0.39, 0.29) is 17.1 Å². The van der Waals surface area contributed by atoms with Gasteiger partial charge in [-0.25, -0.2) is 9.37 Å². The molecule has 26 heavy (non-hydrogen) atoms. The SMILES string of the molecule is CCN(Cc1ccc(OC)c(F)c1)Cc1cc(=O)n2c(C)cccc2n1. The molecule has 0 amide bonds. The van der Waals surface area contributed by atoms with Gasteiger partial charge in [-0.3, -0.25) is 14.1 Å². The van der Waals surface area contributed by atoms with Crippen molar-refractivity contribution in [1.82, 2.24) is 14.3 Å². The molecule has 0 saturated carbocycles. The van der Waals surface area contributed by atoms with Crippen LogP contribution in [-0.4, -0.2) is 27.9 Å². The van der Waals surface area contributed by atoms with Crippen LogP contribution in [0.25, 0.3) is 5.65 Å². The quantitative estimate of drug-likeness (QED) is 0.681. The van der Waals surface area contributed by atoms with E-state index in [2.05, 4.69) is 9.88 Å². The summed E-state index contributed by atoms with van der Waals surface area (Å²) >= 11 is 0. The van der Waals surface area contributed by atoms with Gasteiger partial charge in [0.1, 0.15) is 5.65 Å². The second-order valence-corrected chi connectivity index (χ2v) is 6.22. The van der Waals surface area contributed by atoms with Crippen LogP contribution >= 0.6 is 0 Å².